The first-order valence-electron chi connectivity index (χ1n) is 19.7. The molecule has 0 bridgehead atoms. The van der Waals surface area contributed by atoms with E-state index in [9.17, 15) is 19.2 Å². The van der Waals surface area contributed by atoms with Crippen LogP contribution in [-0.4, -0.2) is 70.5 Å². The SMILES string of the molecule is Cc1nc(Cc2ccc(C(=O)NCc3cccc(N)c3)cc2)no1.Cc1nc(Cc2ccc(C(=O)O)cc2)no1.N/C(Cc1ccc(C(=O)O)cc1)=N\O.[C-]#[N+]Cc1ccc(C(=O)O)cc1. The lowest BCUT2D eigenvalue weighted by atomic mass is 10.1. The molecule has 0 saturated carbocycles. The molecule has 19 heteroatoms. The quantitative estimate of drug-likeness (QED) is 0.0160. The average Bonchev–Trinajstić information content (AvgIpc) is 3.92. The van der Waals surface area contributed by atoms with Gasteiger partial charge in [0.05, 0.1) is 16.7 Å². The molecule has 5 aromatic carbocycles. The second kappa shape index (κ2) is 25.1. The summed E-state index contributed by atoms with van der Waals surface area (Å²) in [5.41, 5.74) is 17.6. The fourth-order valence-electron chi connectivity index (χ4n) is 5.57. The number of carbonyl (C=O) groups is 4. The van der Waals surface area contributed by atoms with Gasteiger partial charge in [-0.05, 0) is 82.9 Å². The van der Waals surface area contributed by atoms with Crippen LogP contribution in [0.3, 0.4) is 0 Å². The molecule has 1 amide bonds. The van der Waals surface area contributed by atoms with Crippen LogP contribution in [0, 0.1) is 20.4 Å². The molecule has 2 aromatic heterocycles. The van der Waals surface area contributed by atoms with E-state index in [4.69, 9.17) is 47.6 Å². The van der Waals surface area contributed by atoms with E-state index in [0.29, 0.717) is 67.0 Å². The maximum atomic E-state index is 12.2. The summed E-state index contributed by atoms with van der Waals surface area (Å²) in [5.74, 6) is -0.578. The third-order valence-corrected chi connectivity index (χ3v) is 8.86. The maximum absolute atomic E-state index is 12.2. The second-order valence-corrected chi connectivity index (χ2v) is 14.0. The summed E-state index contributed by atoms with van der Waals surface area (Å²) >= 11 is 0. The number of hydrogen-bond donors (Lipinski definition) is 7. The summed E-state index contributed by atoms with van der Waals surface area (Å²) in [6.07, 6.45) is 1.41. The largest absolute Gasteiger partial charge is 0.478 e. The predicted octanol–water partition coefficient (Wildman–Crippen LogP) is 6.63. The minimum atomic E-state index is -0.972. The van der Waals surface area contributed by atoms with Crippen molar-refractivity contribution in [2.75, 3.05) is 5.73 Å². The molecule has 0 fully saturated rings. The molecule has 0 radical (unpaired) electrons. The predicted molar refractivity (Wildman–Crippen MR) is 240 cm³/mol. The number of amidine groups is 1. The van der Waals surface area contributed by atoms with Gasteiger partial charge in [0.15, 0.2) is 11.6 Å². The van der Waals surface area contributed by atoms with Crippen molar-refractivity contribution < 1.29 is 48.8 Å². The van der Waals surface area contributed by atoms with Gasteiger partial charge in [-0.1, -0.05) is 76.1 Å². The summed E-state index contributed by atoms with van der Waals surface area (Å²) in [6, 6.07) is 33.9. The van der Waals surface area contributed by atoms with Gasteiger partial charge < -0.3 is 51.2 Å². The van der Waals surface area contributed by atoms with E-state index >= 15 is 0 Å². The fourth-order valence-corrected chi connectivity index (χ4v) is 5.57. The van der Waals surface area contributed by atoms with E-state index in [1.807, 2.05) is 36.4 Å². The van der Waals surface area contributed by atoms with Gasteiger partial charge in [0, 0.05) is 56.5 Å². The lowest BCUT2D eigenvalue weighted by molar-refractivity contribution is 0.0686. The van der Waals surface area contributed by atoms with Crippen LogP contribution in [0.15, 0.2) is 136 Å². The summed E-state index contributed by atoms with van der Waals surface area (Å²) in [5, 5.41) is 47.5. The summed E-state index contributed by atoms with van der Waals surface area (Å²) < 4.78 is 9.79. The van der Waals surface area contributed by atoms with Gasteiger partial charge in [0.2, 0.25) is 18.3 Å². The van der Waals surface area contributed by atoms with Gasteiger partial charge in [-0.3, -0.25) is 4.79 Å². The molecule has 338 valence electrons. The molecule has 0 unspecified atom stereocenters. The number of nitrogens with two attached hydrogens (primary N) is 2. The number of aromatic nitrogens is 4. The Balaban J connectivity index is 0.000000200. The number of aryl methyl sites for hydroxylation is 2. The number of amides is 1. The zero-order valence-corrected chi connectivity index (χ0v) is 35.7. The number of nitrogens with one attached hydrogen (secondary N) is 1. The van der Waals surface area contributed by atoms with Crippen LogP contribution >= 0.6 is 0 Å². The molecular weight excluding hydrogens is 851 g/mol. The Kier molecular flexibility index (Phi) is 18.8. The Bertz CT molecular complexity index is 2760. The molecule has 2 heterocycles. The highest BCUT2D eigenvalue weighted by molar-refractivity contribution is 5.94. The van der Waals surface area contributed by atoms with Gasteiger partial charge in [0.25, 0.3) is 5.91 Å². The van der Waals surface area contributed by atoms with Crippen LogP contribution in [0.2, 0.25) is 0 Å². The number of oxime groups is 1. The second-order valence-electron chi connectivity index (χ2n) is 14.0. The smallest absolute Gasteiger partial charge is 0.335 e. The Morgan fingerprint density at radius 3 is 1.44 bits per heavy atom. The zero-order valence-electron chi connectivity index (χ0n) is 35.7. The van der Waals surface area contributed by atoms with Crippen molar-refractivity contribution in [3.05, 3.63) is 206 Å². The minimum absolute atomic E-state index is 0.0908. The van der Waals surface area contributed by atoms with Crippen molar-refractivity contribution in [1.29, 1.82) is 0 Å². The number of carboxylic acids is 3. The molecule has 0 aliphatic rings. The van der Waals surface area contributed by atoms with Gasteiger partial charge in [0.1, 0.15) is 5.84 Å². The fraction of sp³-hybridized carbons (Fsp3) is 0.149. The van der Waals surface area contributed by atoms with Crippen molar-refractivity contribution in [3.8, 4) is 0 Å². The standard InChI is InChI=1S/C18H18N4O2.C11H10N2O3.C9H10N2O3.C9H7NO2/c1-12-21-17(22-24-12)10-13-5-7-15(8-6-13)18(23)20-11-14-3-2-4-16(19)9-14;1-7-12-10(13-16-7)6-8-2-4-9(5-3-8)11(14)15;10-8(11-14)5-6-1-3-7(4-2-6)9(12)13;1-10-6-7-2-4-8(5-3-7)9(11)12/h2-9H,10-11,19H2,1H3,(H,20,23);2-5H,6H2,1H3,(H,14,15);1-4,14H,5H2,(H2,10,11)(H,12,13);2-5H,6H2,(H,11,12). The molecule has 9 N–H and O–H groups in total. The lowest BCUT2D eigenvalue weighted by Gasteiger charge is -2.07. The molecule has 0 atom stereocenters. The van der Waals surface area contributed by atoms with Gasteiger partial charge in [-0.25, -0.2) is 21.0 Å². The number of nitrogens with zero attached hydrogens (tertiary/aromatic N) is 6. The molecule has 0 aliphatic carbocycles. The molecule has 66 heavy (non-hydrogen) atoms. The molecule has 0 spiro atoms. The third-order valence-electron chi connectivity index (χ3n) is 8.86. The third kappa shape index (κ3) is 16.9. The average molecular weight is 896 g/mol. The van der Waals surface area contributed by atoms with Crippen molar-refractivity contribution in [2.45, 2.75) is 46.2 Å². The van der Waals surface area contributed by atoms with Crippen LogP contribution in [0.25, 0.3) is 4.85 Å². The summed E-state index contributed by atoms with van der Waals surface area (Å²) in [4.78, 5) is 55.2. The monoisotopic (exact) mass is 895 g/mol. The Hall–Kier alpha value is -9.18. The highest BCUT2D eigenvalue weighted by Gasteiger charge is 2.09. The van der Waals surface area contributed by atoms with E-state index in [-0.39, 0.29) is 28.4 Å². The number of aromatic carboxylic acids is 3. The van der Waals surface area contributed by atoms with E-state index in [2.05, 4.69) is 35.6 Å². The zero-order chi connectivity index (χ0) is 48.0. The van der Waals surface area contributed by atoms with E-state index in [1.54, 1.807) is 74.5 Å². The number of nitrogen functional groups attached to an aromatic ring is 1. The van der Waals surface area contributed by atoms with Crippen molar-refractivity contribution in [2.24, 2.45) is 10.9 Å². The molecule has 19 nitrogen and oxygen atoms in total. The van der Waals surface area contributed by atoms with E-state index in [0.717, 1.165) is 27.8 Å². The first-order valence-corrected chi connectivity index (χ1v) is 19.7. The highest BCUT2D eigenvalue weighted by atomic mass is 16.5. The van der Waals surface area contributed by atoms with Crippen LogP contribution in [-0.2, 0) is 32.4 Å². The van der Waals surface area contributed by atoms with E-state index < -0.39 is 17.9 Å². The molecule has 7 rings (SSSR count). The number of hydrogen-bond acceptors (Lipinski definition) is 13. The van der Waals surface area contributed by atoms with Gasteiger partial charge >= 0.3 is 17.9 Å². The van der Waals surface area contributed by atoms with Crippen LogP contribution in [0.5, 0.6) is 0 Å². The van der Waals surface area contributed by atoms with Crippen molar-refractivity contribution >= 4 is 35.3 Å². The van der Waals surface area contributed by atoms with Gasteiger partial charge in [-0.2, -0.15) is 9.97 Å². The number of rotatable bonds is 13. The first kappa shape index (κ1) is 49.5. The molecule has 7 aromatic rings. The first-order chi connectivity index (χ1) is 31.6. The maximum Gasteiger partial charge on any atom is 0.335 e. The molecule has 0 saturated heterocycles. The van der Waals surface area contributed by atoms with Gasteiger partial charge in [-0.15, -0.1) is 0 Å². The number of benzene rings is 5. The number of anilines is 1. The topological polar surface area (TPSA) is 308 Å². The van der Waals surface area contributed by atoms with Crippen LogP contribution in [0.4, 0.5) is 5.69 Å². The number of carbonyl (C=O) groups excluding carboxylic acids is 1. The summed E-state index contributed by atoms with van der Waals surface area (Å²) in [7, 11) is 0. The van der Waals surface area contributed by atoms with Crippen LogP contribution in [0.1, 0.15) is 92.7 Å². The minimum Gasteiger partial charge on any atom is -0.478 e. The van der Waals surface area contributed by atoms with Crippen molar-refractivity contribution in [1.82, 2.24) is 25.6 Å². The normalized spacial score (nSPS) is 10.3. The number of carboxylic acid groups (broad SMARTS) is 3. The van der Waals surface area contributed by atoms with Crippen LogP contribution < -0.4 is 16.8 Å². The van der Waals surface area contributed by atoms with E-state index in [1.165, 1.54) is 24.3 Å². The Morgan fingerprint density at radius 1 is 0.636 bits per heavy atom. The Morgan fingerprint density at radius 2 is 1.06 bits per heavy atom. The Labute approximate surface area is 377 Å². The van der Waals surface area contributed by atoms with Crippen molar-refractivity contribution in [3.63, 3.8) is 0 Å². The molecule has 0 aliphatic heterocycles. The summed E-state index contributed by atoms with van der Waals surface area (Å²) in [6.45, 7) is 10.8. The highest BCUT2D eigenvalue weighted by Crippen LogP contribution is 2.12. The molecular formula is C47H45N9O10. The lowest BCUT2D eigenvalue weighted by Crippen LogP contribution is -2.22.